The lowest BCUT2D eigenvalue weighted by molar-refractivity contribution is -0.110. The van der Waals surface area contributed by atoms with Crippen LogP contribution in [0.2, 0.25) is 0 Å². The van der Waals surface area contributed by atoms with Gasteiger partial charge in [-0.2, -0.15) is 0 Å². The zero-order chi connectivity index (χ0) is 9.68. The molecule has 0 N–H and O–H groups in total. The van der Waals surface area contributed by atoms with E-state index in [-0.39, 0.29) is 6.10 Å². The maximum absolute atomic E-state index is 10.3. The van der Waals surface area contributed by atoms with Crippen LogP contribution < -0.4 is 0 Å². The van der Waals surface area contributed by atoms with Gasteiger partial charge in [-0.25, -0.2) is 0 Å². The van der Waals surface area contributed by atoms with Gasteiger partial charge < -0.3 is 9.53 Å². The van der Waals surface area contributed by atoms with Crippen molar-refractivity contribution in [2.24, 2.45) is 0 Å². The van der Waals surface area contributed by atoms with Crippen molar-refractivity contribution in [1.82, 2.24) is 0 Å². The van der Waals surface area contributed by atoms with Gasteiger partial charge in [0.2, 0.25) is 0 Å². The summed E-state index contributed by atoms with van der Waals surface area (Å²) in [6.45, 7) is 2.03. The third-order valence-corrected chi connectivity index (χ3v) is 2.04. The largest absolute Gasteiger partial charge is 0.376 e. The van der Waals surface area contributed by atoms with Gasteiger partial charge in [-0.05, 0) is 12.5 Å². The lowest BCUT2D eigenvalue weighted by atomic mass is 10.1. The highest BCUT2D eigenvalue weighted by atomic mass is 16.5. The Morgan fingerprint density at radius 1 is 1.38 bits per heavy atom. The molecule has 2 heteroatoms. The molecule has 0 radical (unpaired) electrons. The van der Waals surface area contributed by atoms with Crippen LogP contribution in [0.1, 0.15) is 23.7 Å². The normalized spacial score (nSPS) is 12.5. The van der Waals surface area contributed by atoms with E-state index >= 15 is 0 Å². The number of aldehydes is 1. The number of rotatable bonds is 4. The van der Waals surface area contributed by atoms with Crippen molar-refractivity contribution in [3.05, 3.63) is 35.4 Å². The fourth-order valence-corrected chi connectivity index (χ4v) is 1.24. The second-order valence-corrected chi connectivity index (χ2v) is 3.04. The number of carbonyl (C=O) groups is 1. The van der Waals surface area contributed by atoms with Gasteiger partial charge in [0.25, 0.3) is 0 Å². The maximum Gasteiger partial charge on any atom is 0.122 e. The zero-order valence-electron chi connectivity index (χ0n) is 7.99. The van der Waals surface area contributed by atoms with Crippen LogP contribution >= 0.6 is 0 Å². The van der Waals surface area contributed by atoms with Crippen LogP contribution in [0.4, 0.5) is 0 Å². The van der Waals surface area contributed by atoms with Gasteiger partial charge in [0.1, 0.15) is 6.29 Å². The fourth-order valence-electron chi connectivity index (χ4n) is 1.24. The van der Waals surface area contributed by atoms with E-state index < -0.39 is 0 Å². The van der Waals surface area contributed by atoms with Crippen LogP contribution in [0.5, 0.6) is 0 Å². The molecule has 0 spiro atoms. The van der Waals surface area contributed by atoms with Crippen LogP contribution in [0.15, 0.2) is 24.3 Å². The predicted octanol–water partition coefficient (Wildman–Crippen LogP) is 2.27. The zero-order valence-corrected chi connectivity index (χ0v) is 7.99. The molecule has 2 nitrogen and oxygen atoms in total. The van der Waals surface area contributed by atoms with Crippen LogP contribution in [-0.4, -0.2) is 13.4 Å². The molecule has 1 aromatic carbocycles. The molecule has 0 saturated heterocycles. The second kappa shape index (κ2) is 4.77. The Morgan fingerprint density at radius 3 is 2.46 bits per heavy atom. The Labute approximate surface area is 78.5 Å². The Kier molecular flexibility index (Phi) is 3.65. The summed E-state index contributed by atoms with van der Waals surface area (Å²) in [5, 5.41) is 0. The molecular formula is C11H14O2. The first-order chi connectivity index (χ1) is 6.27. The molecule has 0 aromatic heterocycles. The van der Waals surface area contributed by atoms with E-state index in [1.54, 1.807) is 7.11 Å². The molecule has 0 heterocycles. The number of hydrogen-bond acceptors (Lipinski definition) is 2. The smallest absolute Gasteiger partial charge is 0.122 e. The summed E-state index contributed by atoms with van der Waals surface area (Å²) in [7, 11) is 1.62. The molecule has 0 aliphatic rings. The van der Waals surface area contributed by atoms with Gasteiger partial charge in [0.05, 0.1) is 6.10 Å². The fraction of sp³-hybridized carbons (Fsp3) is 0.364. The summed E-state index contributed by atoms with van der Waals surface area (Å²) in [5.41, 5.74) is 2.27. The molecule has 0 aliphatic carbocycles. The Bertz CT molecular complexity index is 264. The Hall–Kier alpha value is -1.15. The summed E-state index contributed by atoms with van der Waals surface area (Å²) < 4.78 is 5.19. The number of benzene rings is 1. The summed E-state index contributed by atoms with van der Waals surface area (Å²) in [5.74, 6) is 0. The van der Waals surface area contributed by atoms with Gasteiger partial charge in [-0.1, -0.05) is 29.8 Å². The molecule has 1 rings (SSSR count). The third kappa shape index (κ3) is 2.67. The van der Waals surface area contributed by atoms with E-state index in [0.717, 1.165) is 11.8 Å². The van der Waals surface area contributed by atoms with Crippen molar-refractivity contribution in [3.63, 3.8) is 0 Å². The highest BCUT2D eigenvalue weighted by Crippen LogP contribution is 2.19. The average molecular weight is 178 g/mol. The Balaban J connectivity index is 2.78. The van der Waals surface area contributed by atoms with Crippen molar-refractivity contribution >= 4 is 6.29 Å². The van der Waals surface area contributed by atoms with Crippen molar-refractivity contribution in [1.29, 1.82) is 0 Å². The standard InChI is InChI=1S/C11H14O2/c1-9-3-5-10(6-4-9)11(13-2)7-8-12/h3-6,8,11H,7H2,1-2H3. The molecule has 0 saturated carbocycles. The van der Waals surface area contributed by atoms with Gasteiger partial charge in [-0.3, -0.25) is 0 Å². The second-order valence-electron chi connectivity index (χ2n) is 3.04. The SMILES string of the molecule is COC(CC=O)c1ccc(C)cc1. The molecule has 1 atom stereocenters. The molecule has 13 heavy (non-hydrogen) atoms. The van der Waals surface area contributed by atoms with E-state index in [0.29, 0.717) is 6.42 Å². The summed E-state index contributed by atoms with van der Waals surface area (Å²) in [4.78, 5) is 10.3. The number of methoxy groups -OCH3 is 1. The van der Waals surface area contributed by atoms with Crippen molar-refractivity contribution in [2.75, 3.05) is 7.11 Å². The molecule has 70 valence electrons. The first-order valence-corrected chi connectivity index (χ1v) is 4.31. The lowest BCUT2D eigenvalue weighted by Gasteiger charge is -2.12. The molecule has 0 aliphatic heterocycles. The van der Waals surface area contributed by atoms with E-state index in [1.165, 1.54) is 5.56 Å². The summed E-state index contributed by atoms with van der Waals surface area (Å²) in [6, 6.07) is 8.03. The lowest BCUT2D eigenvalue weighted by Crippen LogP contribution is -2.01. The Morgan fingerprint density at radius 2 is 2.00 bits per heavy atom. The average Bonchev–Trinajstić information content (AvgIpc) is 2.16. The van der Waals surface area contributed by atoms with Crippen LogP contribution in [0, 0.1) is 6.92 Å². The predicted molar refractivity (Wildman–Crippen MR) is 51.6 cm³/mol. The molecule has 0 bridgehead atoms. The van der Waals surface area contributed by atoms with Gasteiger partial charge in [0.15, 0.2) is 0 Å². The van der Waals surface area contributed by atoms with Crippen LogP contribution in [0.3, 0.4) is 0 Å². The quantitative estimate of drug-likeness (QED) is 0.661. The van der Waals surface area contributed by atoms with Crippen molar-refractivity contribution in [2.45, 2.75) is 19.4 Å². The molecule has 1 unspecified atom stereocenters. The number of aryl methyl sites for hydroxylation is 1. The highest BCUT2D eigenvalue weighted by Gasteiger charge is 2.08. The first kappa shape index (κ1) is 9.93. The number of hydrogen-bond donors (Lipinski definition) is 0. The van der Waals surface area contributed by atoms with Gasteiger partial charge in [0, 0.05) is 13.5 Å². The summed E-state index contributed by atoms with van der Waals surface area (Å²) >= 11 is 0. The minimum atomic E-state index is -0.0990. The number of carbonyl (C=O) groups excluding carboxylic acids is 1. The van der Waals surface area contributed by atoms with Crippen molar-refractivity contribution in [3.8, 4) is 0 Å². The van der Waals surface area contributed by atoms with Crippen molar-refractivity contribution < 1.29 is 9.53 Å². The summed E-state index contributed by atoms with van der Waals surface area (Å²) in [6.07, 6.45) is 1.20. The highest BCUT2D eigenvalue weighted by molar-refractivity contribution is 5.51. The minimum Gasteiger partial charge on any atom is -0.376 e. The van der Waals surface area contributed by atoms with E-state index in [9.17, 15) is 4.79 Å². The van der Waals surface area contributed by atoms with Gasteiger partial charge in [-0.15, -0.1) is 0 Å². The molecule has 1 aromatic rings. The number of ether oxygens (including phenoxy) is 1. The minimum absolute atomic E-state index is 0.0990. The monoisotopic (exact) mass is 178 g/mol. The molecular weight excluding hydrogens is 164 g/mol. The van der Waals surface area contributed by atoms with Crippen LogP contribution in [-0.2, 0) is 9.53 Å². The molecule has 0 amide bonds. The first-order valence-electron chi connectivity index (χ1n) is 4.31. The van der Waals surface area contributed by atoms with E-state index in [2.05, 4.69) is 0 Å². The third-order valence-electron chi connectivity index (χ3n) is 2.04. The van der Waals surface area contributed by atoms with E-state index in [4.69, 9.17) is 4.74 Å². The maximum atomic E-state index is 10.3. The van der Waals surface area contributed by atoms with Crippen LogP contribution in [0.25, 0.3) is 0 Å². The van der Waals surface area contributed by atoms with E-state index in [1.807, 2.05) is 31.2 Å². The van der Waals surface area contributed by atoms with Gasteiger partial charge >= 0.3 is 0 Å². The molecule has 0 fully saturated rings. The topological polar surface area (TPSA) is 26.3 Å².